The van der Waals surface area contributed by atoms with Gasteiger partial charge in [-0.05, 0) is 54.8 Å². The van der Waals surface area contributed by atoms with E-state index in [-0.39, 0.29) is 17.7 Å². The summed E-state index contributed by atoms with van der Waals surface area (Å²) in [5.41, 5.74) is 1.98. The Morgan fingerprint density at radius 1 is 1.08 bits per heavy atom. The summed E-state index contributed by atoms with van der Waals surface area (Å²) in [4.78, 5) is 25.1. The average Bonchev–Trinajstić information content (AvgIpc) is 2.62. The summed E-state index contributed by atoms with van der Waals surface area (Å²) in [7, 11) is 1.56. The van der Waals surface area contributed by atoms with E-state index in [1.807, 2.05) is 26.8 Å². The van der Waals surface area contributed by atoms with Crippen molar-refractivity contribution in [3.05, 3.63) is 58.6 Å². The molecule has 0 aliphatic heterocycles. The van der Waals surface area contributed by atoms with E-state index in [2.05, 4.69) is 10.6 Å². The van der Waals surface area contributed by atoms with Crippen LogP contribution in [0.15, 0.2) is 42.5 Å². The molecular formula is C20H23ClN2O3. The Balaban J connectivity index is 2.10. The summed E-state index contributed by atoms with van der Waals surface area (Å²) < 4.78 is 5.08. The van der Waals surface area contributed by atoms with Gasteiger partial charge in [-0.2, -0.15) is 0 Å². The summed E-state index contributed by atoms with van der Waals surface area (Å²) in [6.45, 7) is 5.64. The highest BCUT2D eigenvalue weighted by molar-refractivity contribution is 6.31. The third-order valence-electron chi connectivity index (χ3n) is 4.03. The highest BCUT2D eigenvalue weighted by Gasteiger charge is 2.25. The van der Waals surface area contributed by atoms with Crippen molar-refractivity contribution in [3.63, 3.8) is 0 Å². The second-order valence-electron chi connectivity index (χ2n) is 6.38. The van der Waals surface area contributed by atoms with Gasteiger partial charge in [-0.25, -0.2) is 0 Å². The highest BCUT2D eigenvalue weighted by Crippen LogP contribution is 2.20. The normalized spacial score (nSPS) is 11.8. The number of hydrogen-bond donors (Lipinski definition) is 2. The lowest BCUT2D eigenvalue weighted by Crippen LogP contribution is -2.47. The molecule has 0 aliphatic rings. The maximum atomic E-state index is 12.6. The van der Waals surface area contributed by atoms with Crippen LogP contribution in [-0.4, -0.2) is 25.0 Å². The van der Waals surface area contributed by atoms with Crippen LogP contribution in [0.4, 0.5) is 5.69 Å². The van der Waals surface area contributed by atoms with Gasteiger partial charge in [0.1, 0.15) is 11.8 Å². The van der Waals surface area contributed by atoms with Gasteiger partial charge in [0.25, 0.3) is 5.91 Å². The van der Waals surface area contributed by atoms with E-state index in [4.69, 9.17) is 16.3 Å². The molecule has 0 radical (unpaired) electrons. The number of carbonyl (C=O) groups excluding carboxylic acids is 2. The molecule has 0 heterocycles. The smallest absolute Gasteiger partial charge is 0.251 e. The molecule has 26 heavy (non-hydrogen) atoms. The second kappa shape index (κ2) is 8.72. The molecule has 0 spiro atoms. The summed E-state index contributed by atoms with van der Waals surface area (Å²) in [5.74, 6) is -0.0284. The number of halogens is 1. The van der Waals surface area contributed by atoms with Crippen LogP contribution in [0.2, 0.25) is 5.02 Å². The number of aryl methyl sites for hydroxylation is 1. The number of hydrogen-bond acceptors (Lipinski definition) is 3. The van der Waals surface area contributed by atoms with Crippen molar-refractivity contribution in [1.29, 1.82) is 0 Å². The molecule has 5 nitrogen and oxygen atoms in total. The second-order valence-corrected chi connectivity index (χ2v) is 6.78. The third kappa shape index (κ3) is 4.99. The lowest BCUT2D eigenvalue weighted by molar-refractivity contribution is -0.118. The zero-order chi connectivity index (χ0) is 19.3. The van der Waals surface area contributed by atoms with Crippen molar-refractivity contribution in [2.45, 2.75) is 26.8 Å². The van der Waals surface area contributed by atoms with Gasteiger partial charge in [0.2, 0.25) is 5.91 Å². The van der Waals surface area contributed by atoms with Crippen LogP contribution in [0.3, 0.4) is 0 Å². The Kier molecular flexibility index (Phi) is 6.64. The first kappa shape index (κ1) is 19.8. The molecule has 0 fully saturated rings. The van der Waals surface area contributed by atoms with E-state index in [0.29, 0.717) is 22.0 Å². The van der Waals surface area contributed by atoms with E-state index in [1.54, 1.807) is 43.5 Å². The zero-order valence-electron chi connectivity index (χ0n) is 15.3. The molecule has 2 N–H and O–H groups in total. The molecule has 138 valence electrons. The maximum absolute atomic E-state index is 12.6. The fourth-order valence-corrected chi connectivity index (χ4v) is 2.57. The Hall–Kier alpha value is -2.53. The Bertz CT molecular complexity index is 788. The summed E-state index contributed by atoms with van der Waals surface area (Å²) >= 11 is 6.10. The van der Waals surface area contributed by atoms with E-state index in [1.165, 1.54) is 0 Å². The van der Waals surface area contributed by atoms with Crippen molar-refractivity contribution in [1.82, 2.24) is 5.32 Å². The van der Waals surface area contributed by atoms with Crippen molar-refractivity contribution < 1.29 is 14.3 Å². The lowest BCUT2D eigenvalue weighted by Gasteiger charge is -2.22. The van der Waals surface area contributed by atoms with E-state index in [9.17, 15) is 9.59 Å². The van der Waals surface area contributed by atoms with Crippen molar-refractivity contribution in [3.8, 4) is 5.75 Å². The number of nitrogens with one attached hydrogen (secondary N) is 2. The predicted molar refractivity (Wildman–Crippen MR) is 104 cm³/mol. The monoisotopic (exact) mass is 374 g/mol. The van der Waals surface area contributed by atoms with Crippen LogP contribution >= 0.6 is 11.6 Å². The van der Waals surface area contributed by atoms with Gasteiger partial charge < -0.3 is 15.4 Å². The van der Waals surface area contributed by atoms with Crippen LogP contribution in [0.1, 0.15) is 29.8 Å². The van der Waals surface area contributed by atoms with Gasteiger partial charge in [-0.15, -0.1) is 0 Å². The standard InChI is InChI=1S/C20H23ClN2O3/c1-12(2)18(20(25)22-15-8-5-13(3)17(21)11-15)23-19(24)14-6-9-16(26-4)10-7-14/h5-12,18H,1-4H3,(H,22,25)(H,23,24). The van der Waals surface area contributed by atoms with E-state index >= 15 is 0 Å². The van der Waals surface area contributed by atoms with Gasteiger partial charge >= 0.3 is 0 Å². The van der Waals surface area contributed by atoms with Gasteiger partial charge in [-0.1, -0.05) is 31.5 Å². The molecule has 2 aromatic rings. The minimum atomic E-state index is -0.676. The van der Waals surface area contributed by atoms with Crippen LogP contribution in [0, 0.1) is 12.8 Å². The number of benzene rings is 2. The number of rotatable bonds is 6. The van der Waals surface area contributed by atoms with Gasteiger partial charge in [0.15, 0.2) is 0 Å². The maximum Gasteiger partial charge on any atom is 0.251 e. The summed E-state index contributed by atoms with van der Waals surface area (Å²) in [6.07, 6.45) is 0. The first-order valence-corrected chi connectivity index (χ1v) is 8.71. The summed E-state index contributed by atoms with van der Waals surface area (Å²) in [6, 6.07) is 11.3. The molecule has 2 aromatic carbocycles. The lowest BCUT2D eigenvalue weighted by atomic mass is 10.0. The van der Waals surface area contributed by atoms with E-state index in [0.717, 1.165) is 5.56 Å². The van der Waals surface area contributed by atoms with Crippen LogP contribution in [0.5, 0.6) is 5.75 Å². The van der Waals surface area contributed by atoms with Crippen molar-refractivity contribution in [2.24, 2.45) is 5.92 Å². The molecular weight excluding hydrogens is 352 g/mol. The van der Waals surface area contributed by atoms with Gasteiger partial charge in [0.05, 0.1) is 7.11 Å². The third-order valence-corrected chi connectivity index (χ3v) is 4.43. The molecule has 1 atom stereocenters. The Morgan fingerprint density at radius 2 is 1.73 bits per heavy atom. The highest BCUT2D eigenvalue weighted by atomic mass is 35.5. The van der Waals surface area contributed by atoms with Gasteiger partial charge in [-0.3, -0.25) is 9.59 Å². The van der Waals surface area contributed by atoms with E-state index < -0.39 is 6.04 Å². The van der Waals surface area contributed by atoms with Crippen molar-refractivity contribution in [2.75, 3.05) is 12.4 Å². The quantitative estimate of drug-likeness (QED) is 0.801. The van der Waals surface area contributed by atoms with Gasteiger partial charge in [0, 0.05) is 16.3 Å². The van der Waals surface area contributed by atoms with Crippen LogP contribution in [-0.2, 0) is 4.79 Å². The molecule has 0 aromatic heterocycles. The number of methoxy groups -OCH3 is 1. The minimum absolute atomic E-state index is 0.0851. The fraction of sp³-hybridized carbons (Fsp3) is 0.300. The SMILES string of the molecule is COc1ccc(C(=O)NC(C(=O)Nc2ccc(C)c(Cl)c2)C(C)C)cc1. The molecule has 0 saturated heterocycles. The molecule has 0 bridgehead atoms. The topological polar surface area (TPSA) is 67.4 Å². The molecule has 6 heteroatoms. The number of ether oxygens (including phenoxy) is 1. The molecule has 1 unspecified atom stereocenters. The molecule has 2 rings (SSSR count). The van der Waals surface area contributed by atoms with Crippen LogP contribution < -0.4 is 15.4 Å². The average molecular weight is 375 g/mol. The molecule has 0 saturated carbocycles. The minimum Gasteiger partial charge on any atom is -0.497 e. The Morgan fingerprint density at radius 3 is 2.27 bits per heavy atom. The first-order valence-electron chi connectivity index (χ1n) is 8.33. The summed E-state index contributed by atoms with van der Waals surface area (Å²) in [5, 5.41) is 6.17. The number of amides is 2. The fourth-order valence-electron chi connectivity index (χ4n) is 2.39. The predicted octanol–water partition coefficient (Wildman–Crippen LogP) is 4.05. The molecule has 2 amide bonds. The number of carbonyl (C=O) groups is 2. The first-order chi connectivity index (χ1) is 12.3. The van der Waals surface area contributed by atoms with Crippen LogP contribution in [0.25, 0.3) is 0 Å². The zero-order valence-corrected chi connectivity index (χ0v) is 16.1. The molecule has 0 aliphatic carbocycles. The number of anilines is 1. The van der Waals surface area contributed by atoms with Crippen molar-refractivity contribution >= 4 is 29.1 Å². The largest absolute Gasteiger partial charge is 0.497 e. The Labute approximate surface area is 158 Å².